The number of ketones is 2. The van der Waals surface area contributed by atoms with Crippen LogP contribution < -0.4 is 9.64 Å². The minimum absolute atomic E-state index is 0.140. The zero-order chi connectivity index (χ0) is 23.9. The number of rotatable bonds is 4. The number of halogens is 3. The monoisotopic (exact) mass is 466 g/mol. The van der Waals surface area contributed by atoms with Crippen molar-refractivity contribution >= 4 is 17.4 Å². The number of ether oxygens (including phenoxy) is 1. The van der Waals surface area contributed by atoms with Crippen LogP contribution in [-0.4, -0.2) is 42.4 Å². The molecule has 2 aliphatic rings. The fourth-order valence-electron chi connectivity index (χ4n) is 4.59. The highest BCUT2D eigenvalue weighted by atomic mass is 19.4. The number of aromatic nitrogens is 1. The van der Waals surface area contributed by atoms with Gasteiger partial charge in [-0.25, -0.2) is 0 Å². The van der Waals surface area contributed by atoms with E-state index in [4.69, 9.17) is 4.74 Å². The Morgan fingerprint density at radius 2 is 1.41 bits per heavy atom. The largest absolute Gasteiger partial charge is 0.468 e. The maximum absolute atomic E-state index is 13.5. The molecule has 0 atom stereocenters. The molecule has 2 aromatic carbocycles. The van der Waals surface area contributed by atoms with E-state index in [9.17, 15) is 22.8 Å². The number of fused-ring (bicyclic) bond motifs is 2. The number of anilines is 1. The van der Waals surface area contributed by atoms with Gasteiger partial charge in [-0.2, -0.15) is 18.2 Å². The standard InChI is InChI=1S/C26H21F3N2O3/c27-26(28,29)15-34-21-12-11-19(25(30-21)31-13-4-1-5-14-31)16-9-6-10-20-22(16)24(33)18-8-3-2-7-17(18)23(20)32/h2-3,6-12H,1,4-5,13-15H2. The molecule has 174 valence electrons. The summed E-state index contributed by atoms with van der Waals surface area (Å²) in [6.45, 7) is -0.0653. The summed E-state index contributed by atoms with van der Waals surface area (Å²) in [5.74, 6) is -0.182. The predicted molar refractivity (Wildman–Crippen MR) is 121 cm³/mol. The number of carbonyl (C=O) groups excluding carboxylic acids is 2. The second kappa shape index (κ2) is 8.59. The molecular weight excluding hydrogens is 445 g/mol. The molecule has 5 rings (SSSR count). The number of nitrogens with zero attached hydrogens (tertiary/aromatic N) is 2. The molecule has 0 N–H and O–H groups in total. The molecule has 0 radical (unpaired) electrons. The highest BCUT2D eigenvalue weighted by molar-refractivity contribution is 6.30. The van der Waals surface area contributed by atoms with E-state index in [1.165, 1.54) is 6.07 Å². The first-order valence-corrected chi connectivity index (χ1v) is 11.1. The van der Waals surface area contributed by atoms with Gasteiger partial charge in [0.05, 0.1) is 0 Å². The molecule has 1 aromatic heterocycles. The first kappa shape index (κ1) is 22.1. The lowest BCUT2D eigenvalue weighted by Gasteiger charge is -2.30. The van der Waals surface area contributed by atoms with Crippen LogP contribution in [0.2, 0.25) is 0 Å². The van der Waals surface area contributed by atoms with Crippen molar-refractivity contribution in [3.63, 3.8) is 0 Å². The Bertz CT molecular complexity index is 1280. The summed E-state index contributed by atoms with van der Waals surface area (Å²) < 4.78 is 43.0. The van der Waals surface area contributed by atoms with E-state index < -0.39 is 12.8 Å². The number of alkyl halides is 3. The molecule has 5 nitrogen and oxygen atoms in total. The van der Waals surface area contributed by atoms with Crippen molar-refractivity contribution in [2.24, 2.45) is 0 Å². The molecule has 8 heteroatoms. The normalized spacial score (nSPS) is 15.7. The summed E-state index contributed by atoms with van der Waals surface area (Å²) in [6.07, 6.45) is -1.58. The first-order chi connectivity index (χ1) is 16.3. The van der Waals surface area contributed by atoms with Crippen LogP contribution in [0.3, 0.4) is 0 Å². The molecule has 1 fully saturated rings. The Morgan fingerprint density at radius 1 is 0.765 bits per heavy atom. The van der Waals surface area contributed by atoms with Gasteiger partial charge in [0.25, 0.3) is 0 Å². The average Bonchev–Trinajstić information content (AvgIpc) is 2.85. The van der Waals surface area contributed by atoms with Crippen LogP contribution in [0.25, 0.3) is 11.1 Å². The third-order valence-corrected chi connectivity index (χ3v) is 6.13. The van der Waals surface area contributed by atoms with Crippen molar-refractivity contribution in [2.45, 2.75) is 25.4 Å². The van der Waals surface area contributed by atoms with Crippen LogP contribution in [0.4, 0.5) is 19.0 Å². The number of pyridine rings is 1. The van der Waals surface area contributed by atoms with Crippen molar-refractivity contribution in [1.82, 2.24) is 4.98 Å². The Hall–Kier alpha value is -3.68. The van der Waals surface area contributed by atoms with Crippen molar-refractivity contribution in [1.29, 1.82) is 0 Å². The highest BCUT2D eigenvalue weighted by Gasteiger charge is 2.33. The quantitative estimate of drug-likeness (QED) is 0.400. The molecule has 3 aromatic rings. The van der Waals surface area contributed by atoms with Crippen molar-refractivity contribution < 1.29 is 27.5 Å². The van der Waals surface area contributed by atoms with Crippen LogP contribution in [0.5, 0.6) is 5.88 Å². The van der Waals surface area contributed by atoms with Crippen molar-refractivity contribution in [3.8, 4) is 17.0 Å². The van der Waals surface area contributed by atoms with Crippen LogP contribution in [0.1, 0.15) is 51.1 Å². The zero-order valence-corrected chi connectivity index (χ0v) is 18.2. The number of benzene rings is 2. The van der Waals surface area contributed by atoms with Crippen molar-refractivity contribution in [3.05, 3.63) is 76.9 Å². The molecular formula is C26H21F3N2O3. The maximum atomic E-state index is 13.5. The summed E-state index contributed by atoms with van der Waals surface area (Å²) >= 11 is 0. The minimum Gasteiger partial charge on any atom is -0.468 e. The lowest BCUT2D eigenvalue weighted by Crippen LogP contribution is -2.31. The Kier molecular flexibility index (Phi) is 5.59. The summed E-state index contributed by atoms with van der Waals surface area (Å²) in [5, 5.41) is 0. The summed E-state index contributed by atoms with van der Waals surface area (Å²) in [5.41, 5.74) is 2.41. The molecule has 0 spiro atoms. The van der Waals surface area contributed by atoms with Gasteiger partial charge < -0.3 is 9.64 Å². The summed E-state index contributed by atoms with van der Waals surface area (Å²) in [4.78, 5) is 33.1. The molecule has 0 saturated carbocycles. The Morgan fingerprint density at radius 3 is 2.12 bits per heavy atom. The lowest BCUT2D eigenvalue weighted by atomic mass is 9.80. The van der Waals surface area contributed by atoms with Gasteiger partial charge in [0.2, 0.25) is 5.88 Å². The molecule has 0 amide bonds. The van der Waals surface area contributed by atoms with Gasteiger partial charge in [-0.05, 0) is 30.9 Å². The molecule has 2 heterocycles. The minimum atomic E-state index is -4.48. The fraction of sp³-hybridized carbons (Fsp3) is 0.269. The topological polar surface area (TPSA) is 59.5 Å². The third kappa shape index (κ3) is 4.04. The molecule has 0 unspecified atom stereocenters. The second-order valence-corrected chi connectivity index (χ2v) is 8.40. The van der Waals surface area contributed by atoms with Gasteiger partial charge >= 0.3 is 6.18 Å². The fourth-order valence-corrected chi connectivity index (χ4v) is 4.59. The average molecular weight is 466 g/mol. The van der Waals surface area contributed by atoms with Gasteiger partial charge in [-0.15, -0.1) is 0 Å². The molecule has 0 bridgehead atoms. The Labute approximate surface area is 194 Å². The van der Waals surface area contributed by atoms with Gasteiger partial charge in [0.15, 0.2) is 18.2 Å². The second-order valence-electron chi connectivity index (χ2n) is 8.40. The van der Waals surface area contributed by atoms with Crippen LogP contribution in [-0.2, 0) is 0 Å². The van der Waals surface area contributed by atoms with E-state index in [0.717, 1.165) is 19.3 Å². The van der Waals surface area contributed by atoms with Crippen LogP contribution in [0, 0.1) is 0 Å². The van der Waals surface area contributed by atoms with E-state index >= 15 is 0 Å². The summed E-state index contributed by atoms with van der Waals surface area (Å²) in [6, 6.07) is 14.8. The van der Waals surface area contributed by atoms with E-state index in [-0.39, 0.29) is 23.0 Å². The first-order valence-electron chi connectivity index (χ1n) is 11.1. The van der Waals surface area contributed by atoms with E-state index in [2.05, 4.69) is 4.98 Å². The number of hydrogen-bond acceptors (Lipinski definition) is 5. The van der Waals surface area contributed by atoms with Crippen molar-refractivity contribution in [2.75, 3.05) is 24.6 Å². The van der Waals surface area contributed by atoms with Gasteiger partial charge in [0.1, 0.15) is 5.82 Å². The zero-order valence-electron chi connectivity index (χ0n) is 18.2. The van der Waals surface area contributed by atoms with Gasteiger partial charge in [-0.3, -0.25) is 9.59 Å². The van der Waals surface area contributed by atoms with Gasteiger partial charge in [0, 0.05) is 47.0 Å². The Balaban J connectivity index is 1.64. The SMILES string of the molecule is O=C1c2ccccc2C(=O)c2c1cccc2-c1ccc(OCC(F)(F)F)nc1N1CCCCC1. The van der Waals surface area contributed by atoms with E-state index in [0.29, 0.717) is 46.7 Å². The molecule has 1 aliphatic heterocycles. The van der Waals surface area contributed by atoms with E-state index in [1.54, 1.807) is 48.5 Å². The molecule has 1 aliphatic carbocycles. The predicted octanol–water partition coefficient (Wildman–Crippen LogP) is 5.46. The third-order valence-electron chi connectivity index (χ3n) is 6.13. The van der Waals surface area contributed by atoms with E-state index in [1.807, 2.05) is 4.90 Å². The van der Waals surface area contributed by atoms with Crippen LogP contribution in [0.15, 0.2) is 54.6 Å². The number of hydrogen-bond donors (Lipinski definition) is 0. The lowest BCUT2D eigenvalue weighted by molar-refractivity contribution is -0.154. The highest BCUT2D eigenvalue weighted by Crippen LogP contribution is 2.39. The molecule has 1 saturated heterocycles. The number of carbonyl (C=O) groups is 2. The number of piperidine rings is 1. The molecule has 34 heavy (non-hydrogen) atoms. The van der Waals surface area contributed by atoms with Crippen LogP contribution >= 0.6 is 0 Å². The smallest absolute Gasteiger partial charge is 0.422 e. The van der Waals surface area contributed by atoms with Gasteiger partial charge in [-0.1, -0.05) is 42.5 Å². The maximum Gasteiger partial charge on any atom is 0.422 e. The summed E-state index contributed by atoms with van der Waals surface area (Å²) in [7, 11) is 0.